The van der Waals surface area contributed by atoms with E-state index >= 15 is 0 Å². The number of amides is 1. The van der Waals surface area contributed by atoms with E-state index in [4.69, 9.17) is 4.74 Å². The maximum Gasteiger partial charge on any atom is 0.263 e. The zero-order valence-electron chi connectivity index (χ0n) is 15.2. The lowest BCUT2D eigenvalue weighted by Gasteiger charge is -2.14. The van der Waals surface area contributed by atoms with E-state index in [-0.39, 0.29) is 11.6 Å². The molecule has 1 atom stereocenters. The van der Waals surface area contributed by atoms with Crippen LogP contribution in [0.5, 0.6) is 5.75 Å². The van der Waals surface area contributed by atoms with Gasteiger partial charge in [-0.15, -0.1) is 0 Å². The Hall–Kier alpha value is -3.26. The topological polar surface area (TPSA) is 74.1 Å². The molecule has 0 fully saturated rings. The lowest BCUT2D eigenvalue weighted by molar-refractivity contribution is -0.117. The number of methoxy groups -OCH3 is 1. The molecule has 1 unspecified atom stereocenters. The summed E-state index contributed by atoms with van der Waals surface area (Å²) in [4.78, 5) is 12.3. The maximum atomic E-state index is 12.3. The van der Waals surface area contributed by atoms with Crippen LogP contribution in [0.1, 0.15) is 29.7 Å². The molecular formula is C21H23N3O2. The van der Waals surface area contributed by atoms with E-state index in [1.807, 2.05) is 68.4 Å². The fourth-order valence-corrected chi connectivity index (χ4v) is 2.47. The number of hydrogen-bond acceptors (Lipinski definition) is 4. The Morgan fingerprint density at radius 3 is 2.54 bits per heavy atom. The number of aryl methyl sites for hydroxylation is 1. The Balaban J connectivity index is 1.96. The average molecular weight is 349 g/mol. The van der Waals surface area contributed by atoms with E-state index in [1.165, 1.54) is 6.20 Å². The molecule has 134 valence electrons. The fraction of sp³-hybridized carbons (Fsp3) is 0.238. The average Bonchev–Trinajstić information content (AvgIpc) is 2.66. The second-order valence-corrected chi connectivity index (χ2v) is 5.95. The van der Waals surface area contributed by atoms with E-state index < -0.39 is 5.91 Å². The van der Waals surface area contributed by atoms with Crippen molar-refractivity contribution in [1.82, 2.24) is 10.6 Å². The molecule has 0 saturated heterocycles. The van der Waals surface area contributed by atoms with Gasteiger partial charge in [0.1, 0.15) is 17.4 Å². The molecule has 0 heterocycles. The highest BCUT2D eigenvalue weighted by atomic mass is 16.5. The Kier molecular flexibility index (Phi) is 6.81. The molecule has 0 aromatic heterocycles. The van der Waals surface area contributed by atoms with Crippen LogP contribution >= 0.6 is 0 Å². The maximum absolute atomic E-state index is 12.3. The molecule has 0 aliphatic heterocycles. The monoisotopic (exact) mass is 349 g/mol. The third-order valence-electron chi connectivity index (χ3n) is 4.13. The molecular weight excluding hydrogens is 326 g/mol. The number of hydrogen-bond donors (Lipinski definition) is 2. The van der Waals surface area contributed by atoms with Gasteiger partial charge in [0, 0.05) is 12.7 Å². The molecule has 26 heavy (non-hydrogen) atoms. The molecule has 0 spiro atoms. The van der Waals surface area contributed by atoms with Crippen LogP contribution < -0.4 is 15.4 Å². The van der Waals surface area contributed by atoms with Gasteiger partial charge >= 0.3 is 0 Å². The molecule has 0 bridgehead atoms. The molecule has 0 radical (unpaired) electrons. The fourth-order valence-electron chi connectivity index (χ4n) is 2.47. The van der Waals surface area contributed by atoms with Gasteiger partial charge in [-0.05, 0) is 42.7 Å². The molecule has 0 aliphatic carbocycles. The molecule has 0 aliphatic rings. The summed E-state index contributed by atoms with van der Waals surface area (Å²) in [5.74, 6) is 0.346. The van der Waals surface area contributed by atoms with Crippen LogP contribution in [0, 0.1) is 18.3 Å². The first-order valence-corrected chi connectivity index (χ1v) is 8.38. The molecule has 5 heteroatoms. The third kappa shape index (κ3) is 5.12. The van der Waals surface area contributed by atoms with Crippen LogP contribution in [0.3, 0.4) is 0 Å². The number of rotatable bonds is 7. The largest absolute Gasteiger partial charge is 0.497 e. The summed E-state index contributed by atoms with van der Waals surface area (Å²) in [5.41, 5.74) is 3.25. The van der Waals surface area contributed by atoms with Crippen molar-refractivity contribution in [2.45, 2.75) is 26.4 Å². The predicted molar refractivity (Wildman–Crippen MR) is 101 cm³/mol. The zero-order valence-corrected chi connectivity index (χ0v) is 15.2. The number of nitriles is 1. The number of carbonyl (C=O) groups is 1. The zero-order chi connectivity index (χ0) is 18.9. The second-order valence-electron chi connectivity index (χ2n) is 5.95. The number of carbonyl (C=O) groups excluding carboxylic acids is 1. The first-order valence-electron chi connectivity index (χ1n) is 8.38. The van der Waals surface area contributed by atoms with E-state index in [1.54, 1.807) is 7.11 Å². The normalized spacial score (nSPS) is 12.0. The lowest BCUT2D eigenvalue weighted by Crippen LogP contribution is -2.28. The molecule has 2 aromatic carbocycles. The van der Waals surface area contributed by atoms with Gasteiger partial charge in [0.25, 0.3) is 5.91 Å². The van der Waals surface area contributed by atoms with E-state index in [2.05, 4.69) is 10.6 Å². The predicted octanol–water partition coefficient (Wildman–Crippen LogP) is 3.38. The highest BCUT2D eigenvalue weighted by Gasteiger charge is 2.13. The van der Waals surface area contributed by atoms with Crippen LogP contribution in [0.15, 0.2) is 60.3 Å². The molecule has 5 nitrogen and oxygen atoms in total. The number of nitrogens with zero attached hydrogens (tertiary/aromatic N) is 1. The summed E-state index contributed by atoms with van der Waals surface area (Å²) in [6.45, 7) is 4.45. The van der Waals surface area contributed by atoms with Crippen LogP contribution in [-0.2, 0) is 11.3 Å². The summed E-state index contributed by atoms with van der Waals surface area (Å²) in [6.07, 6.45) is 1.46. The van der Waals surface area contributed by atoms with Gasteiger partial charge < -0.3 is 15.4 Å². The third-order valence-corrected chi connectivity index (χ3v) is 4.13. The van der Waals surface area contributed by atoms with Crippen LogP contribution in [0.2, 0.25) is 0 Å². The Bertz CT molecular complexity index is 820. The number of nitrogens with one attached hydrogen (secondary N) is 2. The van der Waals surface area contributed by atoms with Crippen molar-refractivity contribution in [2.75, 3.05) is 7.11 Å². The SMILES string of the molecule is COc1ccc(C(C)NC(=O)/C(C#N)=C\NCc2ccccc2C)cc1. The molecule has 1 amide bonds. The summed E-state index contributed by atoms with van der Waals surface area (Å²) < 4.78 is 5.13. The number of ether oxygens (including phenoxy) is 1. The van der Waals surface area contributed by atoms with Gasteiger partial charge in [-0.1, -0.05) is 36.4 Å². The van der Waals surface area contributed by atoms with Gasteiger partial charge in [-0.25, -0.2) is 0 Å². The van der Waals surface area contributed by atoms with Gasteiger partial charge in [-0.2, -0.15) is 5.26 Å². The van der Waals surface area contributed by atoms with Crippen molar-refractivity contribution in [3.8, 4) is 11.8 Å². The van der Waals surface area contributed by atoms with Gasteiger partial charge in [0.15, 0.2) is 0 Å². The quantitative estimate of drug-likeness (QED) is 0.594. The first kappa shape index (κ1) is 19.1. The second kappa shape index (κ2) is 9.28. The van der Waals surface area contributed by atoms with Crippen LogP contribution in [0.25, 0.3) is 0 Å². The van der Waals surface area contributed by atoms with E-state index in [0.717, 1.165) is 22.4 Å². The first-order chi connectivity index (χ1) is 12.5. The molecule has 0 saturated carbocycles. The molecule has 2 N–H and O–H groups in total. The lowest BCUT2D eigenvalue weighted by atomic mass is 10.1. The standard InChI is InChI=1S/C21H23N3O2/c1-15-6-4-5-7-18(15)13-23-14-19(12-22)21(25)24-16(2)17-8-10-20(26-3)11-9-17/h4-11,14,16,23H,13H2,1-3H3,(H,24,25)/b19-14-. The van der Waals surface area contributed by atoms with Crippen LogP contribution in [-0.4, -0.2) is 13.0 Å². The highest BCUT2D eigenvalue weighted by Crippen LogP contribution is 2.17. The van der Waals surface area contributed by atoms with Crippen molar-refractivity contribution in [3.63, 3.8) is 0 Å². The van der Waals surface area contributed by atoms with Crippen molar-refractivity contribution >= 4 is 5.91 Å². The summed E-state index contributed by atoms with van der Waals surface area (Å²) >= 11 is 0. The number of benzene rings is 2. The van der Waals surface area contributed by atoms with Gasteiger partial charge in [0.05, 0.1) is 13.2 Å². The van der Waals surface area contributed by atoms with Crippen LogP contribution in [0.4, 0.5) is 0 Å². The van der Waals surface area contributed by atoms with Crippen molar-refractivity contribution in [3.05, 3.63) is 77.0 Å². The van der Waals surface area contributed by atoms with Gasteiger partial charge in [-0.3, -0.25) is 4.79 Å². The van der Waals surface area contributed by atoms with E-state index in [0.29, 0.717) is 6.54 Å². The summed E-state index contributed by atoms with van der Waals surface area (Å²) in [7, 11) is 1.61. The minimum atomic E-state index is -0.409. The molecule has 2 aromatic rings. The van der Waals surface area contributed by atoms with E-state index in [9.17, 15) is 10.1 Å². The Morgan fingerprint density at radius 1 is 1.23 bits per heavy atom. The van der Waals surface area contributed by atoms with Crippen molar-refractivity contribution in [1.29, 1.82) is 5.26 Å². The summed E-state index contributed by atoms with van der Waals surface area (Å²) in [6, 6.07) is 17.1. The van der Waals surface area contributed by atoms with Gasteiger partial charge in [0.2, 0.25) is 0 Å². The smallest absolute Gasteiger partial charge is 0.263 e. The Labute approximate surface area is 154 Å². The van der Waals surface area contributed by atoms with Crippen molar-refractivity contribution < 1.29 is 9.53 Å². The minimum Gasteiger partial charge on any atom is -0.497 e. The Morgan fingerprint density at radius 2 is 1.92 bits per heavy atom. The molecule has 2 rings (SSSR count). The highest BCUT2D eigenvalue weighted by molar-refractivity contribution is 5.97. The van der Waals surface area contributed by atoms with Crippen molar-refractivity contribution in [2.24, 2.45) is 0 Å². The summed E-state index contributed by atoms with van der Waals surface area (Å²) in [5, 5.41) is 15.1. The minimum absolute atomic E-state index is 0.0407.